The van der Waals surface area contributed by atoms with Gasteiger partial charge in [-0.25, -0.2) is 0 Å². The molecule has 0 heterocycles. The highest BCUT2D eigenvalue weighted by molar-refractivity contribution is 7.85. The minimum Gasteiger partial charge on any atom is -0.491 e. The molecule has 0 amide bonds. The second kappa shape index (κ2) is 11.6. The standard InChI is InChI=1S/C9H12ClNO.C9H14N2O4S/c10-9-4-3-8(11)6-7(9)2-1-5-12;10-7-2-3-8(11)9(6-7)15-4-1-5-16(12,13)14/h3-4,6,12H,1-2,5,11H2;2-3,6H,1,4-5,10-11H2,(H,12,13,14). The van der Waals surface area contributed by atoms with Crippen LogP contribution in [0, 0.1) is 0 Å². The van der Waals surface area contributed by atoms with E-state index in [1.807, 2.05) is 6.07 Å². The Labute approximate surface area is 170 Å². The number of aliphatic hydroxyl groups is 1. The van der Waals surface area contributed by atoms with Gasteiger partial charge in [-0.3, -0.25) is 4.55 Å². The van der Waals surface area contributed by atoms with Crippen molar-refractivity contribution in [2.45, 2.75) is 19.3 Å². The van der Waals surface area contributed by atoms with Gasteiger partial charge in [0.15, 0.2) is 0 Å². The van der Waals surface area contributed by atoms with Crippen LogP contribution in [0.1, 0.15) is 18.4 Å². The third-order valence-electron chi connectivity index (χ3n) is 3.52. The average Bonchev–Trinajstić information content (AvgIpc) is 2.62. The van der Waals surface area contributed by atoms with E-state index < -0.39 is 10.1 Å². The van der Waals surface area contributed by atoms with Gasteiger partial charge in [0, 0.05) is 29.1 Å². The molecule has 28 heavy (non-hydrogen) atoms. The molecule has 0 atom stereocenters. The number of rotatable bonds is 8. The predicted molar refractivity (Wildman–Crippen MR) is 113 cm³/mol. The van der Waals surface area contributed by atoms with Crippen LogP contribution < -0.4 is 21.9 Å². The molecule has 0 saturated carbocycles. The largest absolute Gasteiger partial charge is 0.491 e. The number of nitrogens with two attached hydrogens (primary N) is 3. The first kappa shape index (κ1) is 23.8. The van der Waals surface area contributed by atoms with Gasteiger partial charge < -0.3 is 27.0 Å². The van der Waals surface area contributed by atoms with Gasteiger partial charge in [-0.1, -0.05) is 11.6 Å². The number of ether oxygens (including phenoxy) is 1. The number of hydrogen-bond donors (Lipinski definition) is 5. The quantitative estimate of drug-likeness (QED) is 0.241. The van der Waals surface area contributed by atoms with Gasteiger partial charge in [0.25, 0.3) is 10.1 Å². The summed E-state index contributed by atoms with van der Waals surface area (Å²) in [5.74, 6) is 0.0743. The molecule has 2 rings (SSSR count). The van der Waals surface area contributed by atoms with E-state index in [-0.39, 0.29) is 25.4 Å². The first-order chi connectivity index (χ1) is 13.1. The van der Waals surface area contributed by atoms with E-state index in [1.165, 1.54) is 0 Å². The van der Waals surface area contributed by atoms with Crippen molar-refractivity contribution in [2.24, 2.45) is 0 Å². The fourth-order valence-electron chi connectivity index (χ4n) is 2.16. The number of halogens is 1. The van der Waals surface area contributed by atoms with Crippen molar-refractivity contribution in [3.8, 4) is 5.75 Å². The van der Waals surface area contributed by atoms with Gasteiger partial charge in [-0.05, 0) is 55.2 Å². The fourth-order valence-corrected chi connectivity index (χ4v) is 2.85. The van der Waals surface area contributed by atoms with Crippen LogP contribution in [0.4, 0.5) is 17.1 Å². The van der Waals surface area contributed by atoms with Crippen LogP contribution in [0.5, 0.6) is 5.75 Å². The summed E-state index contributed by atoms with van der Waals surface area (Å²) in [6, 6.07) is 10.2. The Morgan fingerprint density at radius 2 is 1.64 bits per heavy atom. The molecule has 0 bridgehead atoms. The van der Waals surface area contributed by atoms with Gasteiger partial charge >= 0.3 is 0 Å². The van der Waals surface area contributed by atoms with Crippen LogP contribution in [0.15, 0.2) is 36.4 Å². The molecule has 0 aromatic heterocycles. The monoisotopic (exact) mass is 431 g/mol. The predicted octanol–water partition coefficient (Wildman–Crippen LogP) is 2.35. The van der Waals surface area contributed by atoms with Crippen molar-refractivity contribution >= 4 is 38.8 Å². The Morgan fingerprint density at radius 3 is 2.29 bits per heavy atom. The summed E-state index contributed by atoms with van der Waals surface area (Å²) in [7, 11) is -3.93. The molecule has 0 aliphatic rings. The van der Waals surface area contributed by atoms with Crippen molar-refractivity contribution in [1.82, 2.24) is 0 Å². The highest BCUT2D eigenvalue weighted by Crippen LogP contribution is 2.24. The van der Waals surface area contributed by atoms with E-state index in [0.717, 1.165) is 23.4 Å². The molecule has 2 aromatic rings. The maximum absolute atomic E-state index is 10.4. The lowest BCUT2D eigenvalue weighted by Crippen LogP contribution is -2.09. The molecule has 0 saturated heterocycles. The lowest BCUT2D eigenvalue weighted by atomic mass is 10.1. The molecule has 156 valence electrons. The van der Waals surface area contributed by atoms with Crippen LogP contribution in [0.2, 0.25) is 5.02 Å². The van der Waals surface area contributed by atoms with Gasteiger partial charge in [0.05, 0.1) is 18.0 Å². The molecule has 0 spiro atoms. The first-order valence-corrected chi connectivity index (χ1v) is 10.5. The number of aliphatic hydroxyl groups excluding tert-OH is 1. The molecule has 0 fully saturated rings. The molecule has 10 heteroatoms. The maximum Gasteiger partial charge on any atom is 0.264 e. The second-order valence-corrected chi connectivity index (χ2v) is 7.94. The van der Waals surface area contributed by atoms with E-state index in [1.54, 1.807) is 30.3 Å². The summed E-state index contributed by atoms with van der Waals surface area (Å²) >= 11 is 5.89. The zero-order chi connectivity index (χ0) is 21.2. The summed E-state index contributed by atoms with van der Waals surface area (Å²) in [4.78, 5) is 0. The molecule has 0 aliphatic carbocycles. The first-order valence-electron chi connectivity index (χ1n) is 8.50. The van der Waals surface area contributed by atoms with Crippen molar-refractivity contribution < 1.29 is 22.8 Å². The third kappa shape index (κ3) is 9.65. The van der Waals surface area contributed by atoms with Crippen LogP contribution in [-0.2, 0) is 16.5 Å². The van der Waals surface area contributed by atoms with Gasteiger partial charge in [-0.15, -0.1) is 0 Å². The Bertz CT molecular complexity index is 862. The molecule has 0 unspecified atom stereocenters. The summed E-state index contributed by atoms with van der Waals surface area (Å²) in [5.41, 5.74) is 19.4. The van der Waals surface area contributed by atoms with Crippen LogP contribution >= 0.6 is 11.6 Å². The number of benzene rings is 2. The fraction of sp³-hybridized carbons (Fsp3) is 0.333. The van der Waals surface area contributed by atoms with Crippen molar-refractivity contribution in [1.29, 1.82) is 0 Å². The number of anilines is 3. The van der Waals surface area contributed by atoms with E-state index in [4.69, 9.17) is 43.2 Å². The zero-order valence-corrected chi connectivity index (χ0v) is 16.9. The summed E-state index contributed by atoms with van der Waals surface area (Å²) in [5, 5.41) is 9.33. The van der Waals surface area contributed by atoms with Crippen LogP contribution in [0.3, 0.4) is 0 Å². The molecular weight excluding hydrogens is 406 g/mol. The molecule has 8 N–H and O–H groups in total. The van der Waals surface area contributed by atoms with Crippen LogP contribution in [-0.4, -0.2) is 37.0 Å². The van der Waals surface area contributed by atoms with Crippen molar-refractivity contribution in [3.63, 3.8) is 0 Å². The number of aryl methyl sites for hydroxylation is 1. The Kier molecular flexibility index (Phi) is 9.88. The highest BCUT2D eigenvalue weighted by Gasteiger charge is 2.05. The lowest BCUT2D eigenvalue weighted by molar-refractivity contribution is 0.288. The number of nitrogen functional groups attached to an aromatic ring is 3. The van der Waals surface area contributed by atoms with E-state index >= 15 is 0 Å². The van der Waals surface area contributed by atoms with E-state index in [2.05, 4.69) is 0 Å². The van der Waals surface area contributed by atoms with Crippen LogP contribution in [0.25, 0.3) is 0 Å². The Morgan fingerprint density at radius 1 is 1.00 bits per heavy atom. The molecule has 2 aromatic carbocycles. The summed E-state index contributed by atoms with van der Waals surface area (Å²) < 4.78 is 34.6. The minimum atomic E-state index is -3.93. The van der Waals surface area contributed by atoms with Crippen molar-refractivity contribution in [3.05, 3.63) is 47.0 Å². The zero-order valence-electron chi connectivity index (χ0n) is 15.3. The highest BCUT2D eigenvalue weighted by atomic mass is 35.5. The Balaban J connectivity index is 0.000000292. The maximum atomic E-state index is 10.4. The van der Waals surface area contributed by atoms with Gasteiger partial charge in [0.2, 0.25) is 0 Å². The van der Waals surface area contributed by atoms with Gasteiger partial charge in [-0.2, -0.15) is 8.42 Å². The smallest absolute Gasteiger partial charge is 0.264 e. The van der Waals surface area contributed by atoms with E-state index in [0.29, 0.717) is 22.8 Å². The number of hydrogen-bond acceptors (Lipinski definition) is 7. The molecule has 8 nitrogen and oxygen atoms in total. The Hall–Kier alpha value is -2.20. The summed E-state index contributed by atoms with van der Waals surface area (Å²) in [6.07, 6.45) is 1.69. The minimum absolute atomic E-state index is 0.146. The third-order valence-corrected chi connectivity index (χ3v) is 4.69. The molecular formula is C18H26ClN3O5S. The molecule has 0 aliphatic heterocycles. The average molecular weight is 432 g/mol. The molecule has 0 radical (unpaired) electrons. The van der Waals surface area contributed by atoms with Gasteiger partial charge in [0.1, 0.15) is 5.75 Å². The second-order valence-electron chi connectivity index (χ2n) is 5.96. The summed E-state index contributed by atoms with van der Waals surface area (Å²) in [6.45, 7) is 0.332. The van der Waals surface area contributed by atoms with Crippen molar-refractivity contribution in [2.75, 3.05) is 36.2 Å². The lowest BCUT2D eigenvalue weighted by Gasteiger charge is -2.08. The van der Waals surface area contributed by atoms with E-state index in [9.17, 15) is 8.42 Å². The topological polar surface area (TPSA) is 162 Å². The normalized spacial score (nSPS) is 10.8. The SMILES string of the molecule is Nc1ccc(Cl)c(CCCO)c1.Nc1ccc(N)c(OCCCS(=O)(=O)O)c1.